The summed E-state index contributed by atoms with van der Waals surface area (Å²) < 4.78 is 0. The summed E-state index contributed by atoms with van der Waals surface area (Å²) in [6.45, 7) is 3.28. The van der Waals surface area contributed by atoms with Gasteiger partial charge in [0.1, 0.15) is 0 Å². The molecule has 0 bridgehead atoms. The minimum absolute atomic E-state index is 0.620. The maximum Gasteiger partial charge on any atom is 0.00116 e. The van der Waals surface area contributed by atoms with Crippen molar-refractivity contribution in [1.29, 1.82) is 0 Å². The molecule has 1 saturated carbocycles. The van der Waals surface area contributed by atoms with Crippen LogP contribution in [0.3, 0.4) is 0 Å². The summed E-state index contributed by atoms with van der Waals surface area (Å²) in [7, 11) is 0. The first-order valence-electron chi connectivity index (χ1n) is 4.78. The van der Waals surface area contributed by atoms with Crippen LogP contribution >= 0.6 is 0 Å². The molecule has 1 spiro atoms. The maximum absolute atomic E-state index is 5.75. The molecule has 0 amide bonds. The van der Waals surface area contributed by atoms with Crippen molar-refractivity contribution in [2.75, 3.05) is 19.6 Å². The van der Waals surface area contributed by atoms with E-state index in [4.69, 9.17) is 5.73 Å². The van der Waals surface area contributed by atoms with Gasteiger partial charge in [-0.1, -0.05) is 12.8 Å². The second-order valence-electron chi connectivity index (χ2n) is 4.13. The van der Waals surface area contributed by atoms with Crippen LogP contribution < -0.4 is 11.1 Å². The first-order chi connectivity index (χ1) is 5.37. The van der Waals surface area contributed by atoms with Crippen LogP contribution in [0.2, 0.25) is 0 Å². The highest BCUT2D eigenvalue weighted by atomic mass is 14.9. The first-order valence-corrected chi connectivity index (χ1v) is 4.78. The van der Waals surface area contributed by atoms with Gasteiger partial charge < -0.3 is 11.1 Å². The quantitative estimate of drug-likeness (QED) is 0.584. The Labute approximate surface area is 68.5 Å². The minimum Gasteiger partial charge on any atom is -0.330 e. The molecule has 1 aliphatic heterocycles. The molecule has 0 aromatic rings. The van der Waals surface area contributed by atoms with Gasteiger partial charge in [0.2, 0.25) is 0 Å². The van der Waals surface area contributed by atoms with Crippen molar-refractivity contribution in [2.45, 2.75) is 25.7 Å². The van der Waals surface area contributed by atoms with Crippen LogP contribution in [-0.4, -0.2) is 19.6 Å². The van der Waals surface area contributed by atoms with E-state index in [2.05, 4.69) is 5.32 Å². The molecule has 2 nitrogen and oxygen atoms in total. The highest BCUT2D eigenvalue weighted by Gasteiger charge is 2.43. The lowest BCUT2D eigenvalue weighted by Gasteiger charge is -2.28. The topological polar surface area (TPSA) is 38.0 Å². The van der Waals surface area contributed by atoms with Crippen molar-refractivity contribution in [2.24, 2.45) is 17.1 Å². The normalized spacial score (nSPS) is 35.2. The van der Waals surface area contributed by atoms with Gasteiger partial charge in [0.05, 0.1) is 0 Å². The van der Waals surface area contributed by atoms with Gasteiger partial charge in [-0.2, -0.15) is 0 Å². The van der Waals surface area contributed by atoms with E-state index in [1.165, 1.54) is 32.2 Å². The highest BCUT2D eigenvalue weighted by Crippen LogP contribution is 2.45. The Morgan fingerprint density at radius 3 is 2.73 bits per heavy atom. The van der Waals surface area contributed by atoms with Gasteiger partial charge in [-0.3, -0.25) is 0 Å². The molecule has 0 aromatic heterocycles. The number of hydrogen-bond donors (Lipinski definition) is 2. The van der Waals surface area contributed by atoms with Gasteiger partial charge >= 0.3 is 0 Å². The lowest BCUT2D eigenvalue weighted by Crippen LogP contribution is -2.31. The molecule has 1 saturated heterocycles. The van der Waals surface area contributed by atoms with Crippen molar-refractivity contribution in [1.82, 2.24) is 5.32 Å². The maximum atomic E-state index is 5.75. The highest BCUT2D eigenvalue weighted by molar-refractivity contribution is 4.97. The fourth-order valence-electron chi connectivity index (χ4n) is 2.85. The van der Waals surface area contributed by atoms with Crippen LogP contribution in [0.4, 0.5) is 0 Å². The van der Waals surface area contributed by atoms with E-state index in [1.807, 2.05) is 0 Å². The number of nitrogens with two attached hydrogens (primary N) is 1. The fourth-order valence-corrected chi connectivity index (χ4v) is 2.85. The fraction of sp³-hybridized carbons (Fsp3) is 1.00. The summed E-state index contributed by atoms with van der Waals surface area (Å²) in [6.07, 6.45) is 5.69. The van der Waals surface area contributed by atoms with Gasteiger partial charge in [0, 0.05) is 6.54 Å². The molecule has 2 aliphatic rings. The van der Waals surface area contributed by atoms with Crippen LogP contribution in [0.25, 0.3) is 0 Å². The Morgan fingerprint density at radius 1 is 1.36 bits per heavy atom. The summed E-state index contributed by atoms with van der Waals surface area (Å²) in [5.41, 5.74) is 6.37. The number of rotatable bonds is 1. The van der Waals surface area contributed by atoms with E-state index in [9.17, 15) is 0 Å². The molecule has 11 heavy (non-hydrogen) atoms. The summed E-state index contributed by atoms with van der Waals surface area (Å²) in [4.78, 5) is 0. The summed E-state index contributed by atoms with van der Waals surface area (Å²) in [5.74, 6) is 0.769. The standard InChI is InChI=1S/C9H18N2/c10-5-8-6-11-7-9(8)3-1-2-4-9/h8,11H,1-7,10H2. The zero-order valence-electron chi connectivity index (χ0n) is 7.10. The Kier molecular flexibility index (Phi) is 1.90. The predicted octanol–water partition coefficient (Wildman–Crippen LogP) is 0.725. The Morgan fingerprint density at radius 2 is 2.09 bits per heavy atom. The molecular formula is C9H18N2. The Bertz CT molecular complexity index is 133. The van der Waals surface area contributed by atoms with Crippen molar-refractivity contribution in [3.05, 3.63) is 0 Å². The average molecular weight is 154 g/mol. The molecule has 1 atom stereocenters. The van der Waals surface area contributed by atoms with Crippen LogP contribution in [0.1, 0.15) is 25.7 Å². The molecule has 0 radical (unpaired) electrons. The zero-order chi connectivity index (χ0) is 7.73. The molecule has 1 heterocycles. The second-order valence-corrected chi connectivity index (χ2v) is 4.13. The second kappa shape index (κ2) is 2.76. The molecule has 0 aromatic carbocycles. The molecular weight excluding hydrogens is 136 g/mol. The van der Waals surface area contributed by atoms with E-state index in [0.717, 1.165) is 19.0 Å². The number of hydrogen-bond acceptors (Lipinski definition) is 2. The van der Waals surface area contributed by atoms with E-state index in [1.54, 1.807) is 0 Å². The smallest absolute Gasteiger partial charge is 0.00116 e. The van der Waals surface area contributed by atoms with Crippen LogP contribution in [-0.2, 0) is 0 Å². The summed E-state index contributed by atoms with van der Waals surface area (Å²) in [6, 6.07) is 0. The van der Waals surface area contributed by atoms with Gasteiger partial charge in [-0.15, -0.1) is 0 Å². The van der Waals surface area contributed by atoms with E-state index < -0.39 is 0 Å². The molecule has 2 fully saturated rings. The largest absolute Gasteiger partial charge is 0.330 e. The third kappa shape index (κ3) is 1.09. The summed E-state index contributed by atoms with van der Waals surface area (Å²) >= 11 is 0. The molecule has 3 N–H and O–H groups in total. The number of nitrogens with one attached hydrogen (secondary N) is 1. The third-order valence-corrected chi connectivity index (χ3v) is 3.62. The van der Waals surface area contributed by atoms with Crippen LogP contribution in [0.5, 0.6) is 0 Å². The van der Waals surface area contributed by atoms with Crippen molar-refractivity contribution in [3.8, 4) is 0 Å². The van der Waals surface area contributed by atoms with Gasteiger partial charge in [-0.05, 0) is 37.3 Å². The Balaban J connectivity index is 2.09. The lowest BCUT2D eigenvalue weighted by atomic mass is 9.77. The van der Waals surface area contributed by atoms with E-state index in [-0.39, 0.29) is 0 Å². The van der Waals surface area contributed by atoms with Crippen LogP contribution in [0.15, 0.2) is 0 Å². The van der Waals surface area contributed by atoms with Crippen LogP contribution in [0, 0.1) is 11.3 Å². The Hall–Kier alpha value is -0.0800. The molecule has 2 rings (SSSR count). The molecule has 1 aliphatic carbocycles. The molecule has 64 valence electrons. The van der Waals surface area contributed by atoms with Crippen molar-refractivity contribution < 1.29 is 0 Å². The molecule has 2 heteroatoms. The first kappa shape index (κ1) is 7.56. The van der Waals surface area contributed by atoms with Gasteiger partial charge in [0.15, 0.2) is 0 Å². The predicted molar refractivity (Wildman–Crippen MR) is 46.3 cm³/mol. The zero-order valence-corrected chi connectivity index (χ0v) is 7.10. The van der Waals surface area contributed by atoms with E-state index >= 15 is 0 Å². The summed E-state index contributed by atoms with van der Waals surface area (Å²) in [5, 5.41) is 3.48. The average Bonchev–Trinajstić information content (AvgIpc) is 2.62. The minimum atomic E-state index is 0.620. The van der Waals surface area contributed by atoms with Crippen molar-refractivity contribution in [3.63, 3.8) is 0 Å². The SMILES string of the molecule is NCC1CNCC12CCCC2. The monoisotopic (exact) mass is 154 g/mol. The van der Waals surface area contributed by atoms with Crippen molar-refractivity contribution >= 4 is 0 Å². The van der Waals surface area contributed by atoms with Gasteiger partial charge in [-0.25, -0.2) is 0 Å². The van der Waals surface area contributed by atoms with E-state index in [0.29, 0.717) is 5.41 Å². The third-order valence-electron chi connectivity index (χ3n) is 3.62. The van der Waals surface area contributed by atoms with Gasteiger partial charge in [0.25, 0.3) is 0 Å². The molecule has 1 unspecified atom stereocenters. The lowest BCUT2D eigenvalue weighted by molar-refractivity contribution is 0.239.